The Kier molecular flexibility index (Phi) is 4.58. The minimum atomic E-state index is 0.448. The maximum absolute atomic E-state index is 5.13. The number of benzene rings is 1. The molecule has 1 heterocycles. The highest BCUT2D eigenvalue weighted by Gasteiger charge is 1.95. The number of thiocarbonyl (C=S) groups is 1. The Morgan fingerprint density at radius 2 is 2.05 bits per heavy atom. The first-order valence-electron chi connectivity index (χ1n) is 5.81. The summed E-state index contributed by atoms with van der Waals surface area (Å²) in [6, 6.07) is 11.7. The zero-order chi connectivity index (χ0) is 13.5. The van der Waals surface area contributed by atoms with Gasteiger partial charge in [0.1, 0.15) is 0 Å². The van der Waals surface area contributed by atoms with Crippen molar-refractivity contribution in [2.75, 3.05) is 5.32 Å². The van der Waals surface area contributed by atoms with E-state index in [0.717, 1.165) is 11.3 Å². The van der Waals surface area contributed by atoms with Crippen LogP contribution in [0.2, 0.25) is 0 Å². The number of hydrogen-bond acceptors (Lipinski definition) is 3. The fraction of sp³-hybridized carbons (Fsp3) is 0.0714. The van der Waals surface area contributed by atoms with E-state index in [9.17, 15) is 0 Å². The molecular weight excluding hydrogens is 256 g/mol. The summed E-state index contributed by atoms with van der Waals surface area (Å²) < 4.78 is 0. The molecule has 2 rings (SSSR count). The molecule has 2 aromatic rings. The lowest BCUT2D eigenvalue weighted by Crippen LogP contribution is -2.23. The molecule has 0 radical (unpaired) electrons. The van der Waals surface area contributed by atoms with Gasteiger partial charge in [0, 0.05) is 23.6 Å². The van der Waals surface area contributed by atoms with Gasteiger partial charge in [-0.2, -0.15) is 5.10 Å². The fourth-order valence-corrected chi connectivity index (χ4v) is 1.58. The van der Waals surface area contributed by atoms with Gasteiger partial charge in [0.05, 0.1) is 6.21 Å². The van der Waals surface area contributed by atoms with Crippen molar-refractivity contribution in [3.63, 3.8) is 0 Å². The van der Waals surface area contributed by atoms with Crippen LogP contribution in [0.5, 0.6) is 0 Å². The standard InChI is InChI=1S/C14H14N4S/c1-11-4-6-13(7-5-11)17-14(19)18-16-10-12-3-2-8-15-9-12/h2-10H,1H3,(H2,17,18,19)/b16-10-. The Hall–Kier alpha value is -2.27. The largest absolute Gasteiger partial charge is 0.331 e. The Morgan fingerprint density at radius 1 is 1.26 bits per heavy atom. The molecule has 0 fully saturated rings. The summed E-state index contributed by atoms with van der Waals surface area (Å²) in [5.41, 5.74) is 5.80. The van der Waals surface area contributed by atoms with Crippen LogP contribution in [-0.4, -0.2) is 16.3 Å². The van der Waals surface area contributed by atoms with Crippen LogP contribution in [0.25, 0.3) is 0 Å². The Labute approximate surface area is 117 Å². The van der Waals surface area contributed by atoms with Gasteiger partial charge >= 0.3 is 0 Å². The molecule has 0 amide bonds. The molecule has 0 saturated carbocycles. The van der Waals surface area contributed by atoms with Crippen molar-refractivity contribution in [3.05, 3.63) is 59.9 Å². The molecule has 19 heavy (non-hydrogen) atoms. The van der Waals surface area contributed by atoms with Gasteiger partial charge < -0.3 is 5.32 Å². The zero-order valence-corrected chi connectivity index (χ0v) is 11.3. The number of nitrogens with zero attached hydrogens (tertiary/aromatic N) is 2. The van der Waals surface area contributed by atoms with Gasteiger partial charge in [-0.05, 0) is 37.3 Å². The normalized spacial score (nSPS) is 10.4. The van der Waals surface area contributed by atoms with Gasteiger partial charge in [0.2, 0.25) is 0 Å². The van der Waals surface area contributed by atoms with Gasteiger partial charge in [-0.3, -0.25) is 10.4 Å². The SMILES string of the molecule is Cc1ccc(NC(=S)N/N=C\c2cccnc2)cc1. The van der Waals surface area contributed by atoms with Crippen molar-refractivity contribution >= 4 is 29.2 Å². The van der Waals surface area contributed by atoms with Crippen LogP contribution >= 0.6 is 12.2 Å². The molecule has 0 spiro atoms. The van der Waals surface area contributed by atoms with Crippen molar-refractivity contribution in [1.29, 1.82) is 0 Å². The minimum Gasteiger partial charge on any atom is -0.331 e. The molecular formula is C14H14N4S. The second-order valence-corrected chi connectivity index (χ2v) is 4.38. The molecule has 1 aromatic heterocycles. The Bertz CT molecular complexity index is 564. The summed E-state index contributed by atoms with van der Waals surface area (Å²) in [6.45, 7) is 2.04. The van der Waals surface area contributed by atoms with E-state index in [0.29, 0.717) is 5.11 Å². The third kappa shape index (κ3) is 4.48. The van der Waals surface area contributed by atoms with Crippen LogP contribution in [0.3, 0.4) is 0 Å². The van der Waals surface area contributed by atoms with Crippen LogP contribution in [0.15, 0.2) is 53.9 Å². The lowest BCUT2D eigenvalue weighted by atomic mass is 10.2. The van der Waals surface area contributed by atoms with E-state index in [4.69, 9.17) is 12.2 Å². The first-order chi connectivity index (χ1) is 9.24. The molecule has 0 unspecified atom stereocenters. The molecule has 0 saturated heterocycles. The number of hydrazone groups is 1. The average Bonchev–Trinajstić information content (AvgIpc) is 2.43. The molecule has 5 heteroatoms. The molecule has 96 valence electrons. The van der Waals surface area contributed by atoms with Crippen LogP contribution in [-0.2, 0) is 0 Å². The first-order valence-corrected chi connectivity index (χ1v) is 6.21. The number of aromatic nitrogens is 1. The molecule has 0 bridgehead atoms. The lowest BCUT2D eigenvalue weighted by Gasteiger charge is -2.06. The Morgan fingerprint density at radius 3 is 2.74 bits per heavy atom. The smallest absolute Gasteiger partial charge is 0.191 e. The van der Waals surface area contributed by atoms with E-state index in [1.54, 1.807) is 18.6 Å². The second-order valence-electron chi connectivity index (χ2n) is 3.98. The number of rotatable bonds is 3. The lowest BCUT2D eigenvalue weighted by molar-refractivity contribution is 1.05. The minimum absolute atomic E-state index is 0.448. The maximum atomic E-state index is 5.13. The topological polar surface area (TPSA) is 49.3 Å². The molecule has 1 aromatic carbocycles. The van der Waals surface area contributed by atoms with Crippen molar-refractivity contribution in [1.82, 2.24) is 10.4 Å². The van der Waals surface area contributed by atoms with Crippen molar-refractivity contribution in [2.24, 2.45) is 5.10 Å². The summed E-state index contributed by atoms with van der Waals surface area (Å²) in [7, 11) is 0. The van der Waals surface area contributed by atoms with Crippen LogP contribution in [0, 0.1) is 6.92 Å². The Balaban J connectivity index is 1.85. The highest BCUT2D eigenvalue weighted by atomic mass is 32.1. The second kappa shape index (κ2) is 6.61. The van der Waals surface area contributed by atoms with E-state index in [1.807, 2.05) is 43.3 Å². The molecule has 0 aliphatic rings. The fourth-order valence-electron chi connectivity index (χ4n) is 1.41. The van der Waals surface area contributed by atoms with Gasteiger partial charge in [-0.15, -0.1) is 0 Å². The zero-order valence-electron chi connectivity index (χ0n) is 10.5. The van der Waals surface area contributed by atoms with E-state index >= 15 is 0 Å². The predicted molar refractivity (Wildman–Crippen MR) is 82.4 cm³/mol. The van der Waals surface area contributed by atoms with Gasteiger partial charge in [0.25, 0.3) is 0 Å². The van der Waals surface area contributed by atoms with Crippen molar-refractivity contribution in [3.8, 4) is 0 Å². The summed E-state index contributed by atoms with van der Waals surface area (Å²) in [5.74, 6) is 0. The quantitative estimate of drug-likeness (QED) is 0.511. The van der Waals surface area contributed by atoms with Gasteiger partial charge in [-0.1, -0.05) is 23.8 Å². The third-order valence-corrected chi connectivity index (χ3v) is 2.57. The van der Waals surface area contributed by atoms with E-state index in [2.05, 4.69) is 20.8 Å². The van der Waals surface area contributed by atoms with Crippen molar-refractivity contribution < 1.29 is 0 Å². The predicted octanol–water partition coefficient (Wildman–Crippen LogP) is 2.71. The molecule has 4 nitrogen and oxygen atoms in total. The summed E-state index contributed by atoms with van der Waals surface area (Å²) in [5, 5.41) is 7.53. The molecule has 0 atom stereocenters. The van der Waals surface area contributed by atoms with E-state index < -0.39 is 0 Å². The van der Waals surface area contributed by atoms with Crippen LogP contribution < -0.4 is 10.7 Å². The van der Waals surface area contributed by atoms with Crippen LogP contribution in [0.4, 0.5) is 5.69 Å². The van der Waals surface area contributed by atoms with Crippen molar-refractivity contribution in [2.45, 2.75) is 6.92 Å². The molecule has 0 aliphatic heterocycles. The molecule has 0 aliphatic carbocycles. The number of hydrogen-bond donors (Lipinski definition) is 2. The average molecular weight is 270 g/mol. The monoisotopic (exact) mass is 270 g/mol. The third-order valence-electron chi connectivity index (χ3n) is 2.37. The highest BCUT2D eigenvalue weighted by Crippen LogP contribution is 2.07. The number of pyridine rings is 1. The van der Waals surface area contributed by atoms with Crippen LogP contribution in [0.1, 0.15) is 11.1 Å². The summed E-state index contributed by atoms with van der Waals surface area (Å²) >= 11 is 5.13. The number of nitrogens with one attached hydrogen (secondary N) is 2. The summed E-state index contributed by atoms with van der Waals surface area (Å²) in [4.78, 5) is 3.99. The van der Waals surface area contributed by atoms with E-state index in [-0.39, 0.29) is 0 Å². The highest BCUT2D eigenvalue weighted by molar-refractivity contribution is 7.80. The van der Waals surface area contributed by atoms with E-state index in [1.165, 1.54) is 5.56 Å². The number of anilines is 1. The number of aryl methyl sites for hydroxylation is 1. The van der Waals surface area contributed by atoms with Gasteiger partial charge in [0.15, 0.2) is 5.11 Å². The first kappa shape index (κ1) is 13.2. The maximum Gasteiger partial charge on any atom is 0.191 e. The summed E-state index contributed by atoms with van der Waals surface area (Å²) in [6.07, 6.45) is 5.10. The van der Waals surface area contributed by atoms with Gasteiger partial charge in [-0.25, -0.2) is 0 Å². The molecule has 2 N–H and O–H groups in total.